The van der Waals surface area contributed by atoms with E-state index < -0.39 is 0 Å². The Morgan fingerprint density at radius 2 is 2.15 bits per heavy atom. The van der Waals surface area contributed by atoms with Crippen LogP contribution in [0.5, 0.6) is 0 Å². The highest BCUT2D eigenvalue weighted by atomic mass is 16.2. The number of pyridine rings is 1. The highest BCUT2D eigenvalue weighted by Crippen LogP contribution is 2.28. The van der Waals surface area contributed by atoms with Crippen LogP contribution in [0.25, 0.3) is 0 Å². The van der Waals surface area contributed by atoms with Gasteiger partial charge in [-0.25, -0.2) is 4.98 Å². The van der Waals surface area contributed by atoms with Gasteiger partial charge in [0.1, 0.15) is 11.8 Å². The second kappa shape index (κ2) is 5.22. The zero-order chi connectivity index (χ0) is 14.1. The number of amides is 1. The van der Waals surface area contributed by atoms with E-state index in [2.05, 4.69) is 16.9 Å². The van der Waals surface area contributed by atoms with Crippen LogP contribution in [0.4, 0.5) is 0 Å². The molecule has 104 valence electrons. The zero-order valence-electron chi connectivity index (χ0n) is 11.6. The van der Waals surface area contributed by atoms with E-state index in [0.29, 0.717) is 23.3 Å². The summed E-state index contributed by atoms with van der Waals surface area (Å²) in [6, 6.07) is 6.37. The van der Waals surface area contributed by atoms with Gasteiger partial charge in [0.25, 0.3) is 5.91 Å². The molecule has 2 bridgehead atoms. The second-order valence-electron chi connectivity index (χ2n) is 5.63. The fourth-order valence-corrected chi connectivity index (χ4v) is 3.26. The van der Waals surface area contributed by atoms with Crippen LogP contribution in [0, 0.1) is 11.3 Å². The normalized spacial score (nSPS) is 26.1. The maximum atomic E-state index is 12.5. The third kappa shape index (κ3) is 2.27. The molecule has 0 saturated carbocycles. The Balaban J connectivity index is 1.75. The lowest BCUT2D eigenvalue weighted by molar-refractivity contribution is 0.0740. The van der Waals surface area contributed by atoms with Gasteiger partial charge in [0.15, 0.2) is 0 Å². The number of aromatic nitrogens is 1. The third-order valence-corrected chi connectivity index (χ3v) is 4.56. The molecular weight excluding hydrogens is 252 g/mol. The lowest BCUT2D eigenvalue weighted by Crippen LogP contribution is -2.39. The summed E-state index contributed by atoms with van der Waals surface area (Å²) in [5.41, 5.74) is 0.917. The van der Waals surface area contributed by atoms with E-state index in [1.165, 1.54) is 19.0 Å². The molecule has 0 spiro atoms. The molecule has 0 unspecified atom stereocenters. The van der Waals surface area contributed by atoms with Crippen LogP contribution in [0.15, 0.2) is 18.3 Å². The van der Waals surface area contributed by atoms with Crippen molar-refractivity contribution in [1.29, 1.82) is 5.26 Å². The fourth-order valence-electron chi connectivity index (χ4n) is 3.26. The van der Waals surface area contributed by atoms with Crippen molar-refractivity contribution < 1.29 is 4.79 Å². The van der Waals surface area contributed by atoms with Crippen molar-refractivity contribution in [3.05, 3.63) is 29.6 Å². The average Bonchev–Trinajstić information content (AvgIpc) is 2.72. The summed E-state index contributed by atoms with van der Waals surface area (Å²) < 4.78 is 0. The Morgan fingerprint density at radius 1 is 1.35 bits per heavy atom. The van der Waals surface area contributed by atoms with Crippen molar-refractivity contribution in [2.45, 2.75) is 31.3 Å². The third-order valence-electron chi connectivity index (χ3n) is 4.56. The Bertz CT molecular complexity index is 548. The maximum Gasteiger partial charge on any atom is 0.255 e. The number of fused-ring (bicyclic) bond motifs is 2. The Labute approximate surface area is 118 Å². The number of nitriles is 1. The molecule has 2 saturated heterocycles. The summed E-state index contributed by atoms with van der Waals surface area (Å²) in [6.45, 7) is 1.61. The molecule has 5 nitrogen and oxygen atoms in total. The standard InChI is InChI=1S/C15H18N4O/c1-18-13-4-5-14(18)10-19(7-6-13)15(20)11-2-3-12(8-16)17-9-11/h2-3,9,13-14H,4-7,10H2,1H3/t13-,14+/m1/s1. The maximum absolute atomic E-state index is 12.5. The van der Waals surface area contributed by atoms with Crippen LogP contribution in [-0.2, 0) is 0 Å². The first-order valence-electron chi connectivity index (χ1n) is 7.06. The summed E-state index contributed by atoms with van der Waals surface area (Å²) in [4.78, 5) is 20.9. The number of carbonyl (C=O) groups is 1. The van der Waals surface area contributed by atoms with Gasteiger partial charge < -0.3 is 4.90 Å². The van der Waals surface area contributed by atoms with Crippen LogP contribution >= 0.6 is 0 Å². The molecule has 3 rings (SSSR count). The molecule has 5 heteroatoms. The number of hydrogen-bond donors (Lipinski definition) is 0. The highest BCUT2D eigenvalue weighted by molar-refractivity contribution is 5.94. The summed E-state index contributed by atoms with van der Waals surface area (Å²) in [5.74, 6) is 0.0305. The summed E-state index contributed by atoms with van der Waals surface area (Å²) in [5, 5.41) is 8.74. The minimum atomic E-state index is 0.0305. The predicted molar refractivity (Wildman–Crippen MR) is 74.0 cm³/mol. The monoisotopic (exact) mass is 270 g/mol. The fraction of sp³-hybridized carbons (Fsp3) is 0.533. The van der Waals surface area contributed by atoms with Gasteiger partial charge in [-0.1, -0.05) is 0 Å². The van der Waals surface area contributed by atoms with Crippen molar-refractivity contribution in [3.8, 4) is 6.07 Å². The van der Waals surface area contributed by atoms with Gasteiger partial charge in [0.2, 0.25) is 0 Å². The first-order valence-corrected chi connectivity index (χ1v) is 7.06. The molecule has 0 aromatic carbocycles. The van der Waals surface area contributed by atoms with E-state index in [9.17, 15) is 4.79 Å². The first-order chi connectivity index (χ1) is 9.69. The van der Waals surface area contributed by atoms with Crippen molar-refractivity contribution in [2.75, 3.05) is 20.1 Å². The number of hydrogen-bond acceptors (Lipinski definition) is 4. The summed E-state index contributed by atoms with van der Waals surface area (Å²) in [6.07, 6.45) is 4.98. The van der Waals surface area contributed by atoms with E-state index in [-0.39, 0.29) is 5.91 Å². The van der Waals surface area contributed by atoms with Crippen molar-refractivity contribution >= 4 is 5.91 Å². The first kappa shape index (κ1) is 13.1. The highest BCUT2D eigenvalue weighted by Gasteiger charge is 2.36. The minimum Gasteiger partial charge on any atom is -0.337 e. The number of nitrogens with zero attached hydrogens (tertiary/aromatic N) is 4. The van der Waals surface area contributed by atoms with Crippen molar-refractivity contribution in [2.24, 2.45) is 0 Å². The molecule has 1 aromatic rings. The van der Waals surface area contributed by atoms with Crippen LogP contribution in [-0.4, -0.2) is 52.9 Å². The van der Waals surface area contributed by atoms with E-state index in [4.69, 9.17) is 5.26 Å². The van der Waals surface area contributed by atoms with Crippen molar-refractivity contribution in [3.63, 3.8) is 0 Å². The van der Waals surface area contributed by atoms with Gasteiger partial charge in [-0.15, -0.1) is 0 Å². The number of rotatable bonds is 1. The quantitative estimate of drug-likeness (QED) is 0.771. The molecule has 2 aliphatic heterocycles. The van der Waals surface area contributed by atoms with Crippen LogP contribution < -0.4 is 0 Å². The molecule has 1 aromatic heterocycles. The van der Waals surface area contributed by atoms with Gasteiger partial charge in [-0.05, 0) is 38.4 Å². The van der Waals surface area contributed by atoms with Gasteiger partial charge in [0.05, 0.1) is 5.56 Å². The van der Waals surface area contributed by atoms with E-state index >= 15 is 0 Å². The van der Waals surface area contributed by atoms with Gasteiger partial charge in [0, 0.05) is 31.4 Å². The lowest BCUT2D eigenvalue weighted by atomic mass is 10.1. The number of likely N-dealkylation sites (tertiary alicyclic amines) is 1. The molecule has 2 fully saturated rings. The molecular formula is C15H18N4O. The molecule has 1 amide bonds. The smallest absolute Gasteiger partial charge is 0.255 e. The SMILES string of the molecule is CN1[C@@H]2CC[C@H]1CN(C(=O)c1ccc(C#N)nc1)CC2. The molecule has 0 aliphatic carbocycles. The minimum absolute atomic E-state index is 0.0305. The molecule has 20 heavy (non-hydrogen) atoms. The van der Waals surface area contributed by atoms with Gasteiger partial charge in [-0.3, -0.25) is 9.69 Å². The average molecular weight is 270 g/mol. The topological polar surface area (TPSA) is 60.2 Å². The molecule has 3 heterocycles. The van der Waals surface area contributed by atoms with Crippen LogP contribution in [0.3, 0.4) is 0 Å². The Hall–Kier alpha value is -1.93. The van der Waals surface area contributed by atoms with Crippen LogP contribution in [0.2, 0.25) is 0 Å². The number of carbonyl (C=O) groups excluding carboxylic acids is 1. The molecule has 2 aliphatic rings. The zero-order valence-corrected chi connectivity index (χ0v) is 11.6. The van der Waals surface area contributed by atoms with Crippen LogP contribution in [0.1, 0.15) is 35.3 Å². The predicted octanol–water partition coefficient (Wildman–Crippen LogP) is 1.26. The second-order valence-corrected chi connectivity index (χ2v) is 5.63. The summed E-state index contributed by atoms with van der Waals surface area (Å²) >= 11 is 0. The number of likely N-dealkylation sites (N-methyl/N-ethyl adjacent to an activating group) is 1. The van der Waals surface area contributed by atoms with E-state index in [0.717, 1.165) is 19.5 Å². The molecule has 0 radical (unpaired) electrons. The largest absolute Gasteiger partial charge is 0.337 e. The Morgan fingerprint density at radius 3 is 2.85 bits per heavy atom. The summed E-state index contributed by atoms with van der Waals surface area (Å²) in [7, 11) is 2.17. The van der Waals surface area contributed by atoms with Gasteiger partial charge in [-0.2, -0.15) is 5.26 Å². The molecule has 0 N–H and O–H groups in total. The van der Waals surface area contributed by atoms with E-state index in [1.54, 1.807) is 12.1 Å². The Kier molecular flexibility index (Phi) is 3.41. The van der Waals surface area contributed by atoms with Gasteiger partial charge >= 0.3 is 0 Å². The van der Waals surface area contributed by atoms with E-state index in [1.807, 2.05) is 11.0 Å². The van der Waals surface area contributed by atoms with Crippen molar-refractivity contribution in [1.82, 2.24) is 14.8 Å². The molecule has 2 atom stereocenters. The lowest BCUT2D eigenvalue weighted by Gasteiger charge is -2.25.